The number of nitrogens with zero attached hydrogens (tertiary/aromatic N) is 3. The SMILES string of the molecule is Cc1c(COc2ccc(CN3CCCCC3C(=O)N3CCN(c4ccc(S(N)(=O)=O)cc4)CC3)cc2Br)cccc1-c1ccccc1. The first kappa shape index (κ1) is 33.2. The molecule has 2 heterocycles. The van der Waals surface area contributed by atoms with Gasteiger partial charge < -0.3 is 14.5 Å². The molecule has 1 unspecified atom stereocenters. The lowest BCUT2D eigenvalue weighted by molar-refractivity contribution is -0.138. The number of amides is 1. The van der Waals surface area contributed by atoms with E-state index in [0.29, 0.717) is 39.3 Å². The summed E-state index contributed by atoms with van der Waals surface area (Å²) in [5, 5.41) is 5.24. The number of hydrogen-bond acceptors (Lipinski definition) is 6. The zero-order valence-corrected chi connectivity index (χ0v) is 29.0. The summed E-state index contributed by atoms with van der Waals surface area (Å²) < 4.78 is 30.4. The molecular weight excluding hydrogens is 676 g/mol. The van der Waals surface area contributed by atoms with E-state index < -0.39 is 10.0 Å². The maximum atomic E-state index is 13.8. The molecule has 2 N–H and O–H groups in total. The highest BCUT2D eigenvalue weighted by molar-refractivity contribution is 9.10. The summed E-state index contributed by atoms with van der Waals surface area (Å²) in [4.78, 5) is 20.4. The number of ether oxygens (including phenoxy) is 1. The number of carbonyl (C=O) groups is 1. The van der Waals surface area contributed by atoms with Gasteiger partial charge in [-0.2, -0.15) is 0 Å². The third-order valence-electron chi connectivity index (χ3n) is 9.32. The van der Waals surface area contributed by atoms with Gasteiger partial charge in [-0.3, -0.25) is 9.69 Å². The average molecular weight is 718 g/mol. The van der Waals surface area contributed by atoms with Crippen LogP contribution >= 0.6 is 15.9 Å². The molecule has 0 aliphatic carbocycles. The van der Waals surface area contributed by atoms with E-state index in [9.17, 15) is 13.2 Å². The van der Waals surface area contributed by atoms with Crippen LogP contribution in [0.25, 0.3) is 11.1 Å². The number of nitrogens with two attached hydrogens (primary N) is 1. The van der Waals surface area contributed by atoms with Crippen LogP contribution in [0, 0.1) is 6.92 Å². The molecule has 6 rings (SSSR count). The molecular formula is C37H41BrN4O4S. The Labute approximate surface area is 286 Å². The summed E-state index contributed by atoms with van der Waals surface area (Å²) in [5.41, 5.74) is 6.84. The van der Waals surface area contributed by atoms with Crippen molar-refractivity contribution in [2.45, 2.75) is 50.3 Å². The maximum absolute atomic E-state index is 13.8. The predicted octanol–water partition coefficient (Wildman–Crippen LogP) is 6.35. The summed E-state index contributed by atoms with van der Waals surface area (Å²) >= 11 is 3.74. The summed E-state index contributed by atoms with van der Waals surface area (Å²) in [7, 11) is -3.72. The molecule has 0 radical (unpaired) electrons. The Morgan fingerprint density at radius 2 is 1.64 bits per heavy atom. The van der Waals surface area contributed by atoms with E-state index >= 15 is 0 Å². The molecule has 8 nitrogen and oxygen atoms in total. The molecule has 0 spiro atoms. The van der Waals surface area contributed by atoms with Crippen molar-refractivity contribution in [2.24, 2.45) is 5.14 Å². The number of benzene rings is 4. The Morgan fingerprint density at radius 1 is 0.894 bits per heavy atom. The molecule has 0 saturated carbocycles. The van der Waals surface area contributed by atoms with Crippen LogP contribution in [0.3, 0.4) is 0 Å². The molecule has 0 aromatic heterocycles. The van der Waals surface area contributed by atoms with Crippen LogP contribution < -0.4 is 14.8 Å². The van der Waals surface area contributed by atoms with Crippen molar-refractivity contribution >= 4 is 37.5 Å². The van der Waals surface area contributed by atoms with Crippen molar-refractivity contribution in [2.75, 3.05) is 37.6 Å². The highest BCUT2D eigenvalue weighted by Gasteiger charge is 2.33. The number of hydrogen-bond donors (Lipinski definition) is 1. The molecule has 1 amide bonds. The van der Waals surface area contributed by atoms with Gasteiger partial charge in [-0.1, -0.05) is 61.0 Å². The van der Waals surface area contributed by atoms with Crippen molar-refractivity contribution in [1.82, 2.24) is 9.80 Å². The fraction of sp³-hybridized carbons (Fsp3) is 0.324. The van der Waals surface area contributed by atoms with Crippen LogP contribution in [0.5, 0.6) is 5.75 Å². The van der Waals surface area contributed by atoms with E-state index in [1.807, 2.05) is 17.0 Å². The lowest BCUT2D eigenvalue weighted by Crippen LogP contribution is -2.56. The van der Waals surface area contributed by atoms with Crippen LogP contribution in [0.1, 0.15) is 36.0 Å². The number of rotatable bonds is 9. The van der Waals surface area contributed by atoms with Crippen LogP contribution in [0.2, 0.25) is 0 Å². The molecule has 2 saturated heterocycles. The van der Waals surface area contributed by atoms with E-state index in [2.05, 4.69) is 87.3 Å². The minimum atomic E-state index is -3.72. The second-order valence-electron chi connectivity index (χ2n) is 12.3. The number of piperazine rings is 1. The van der Waals surface area contributed by atoms with E-state index in [-0.39, 0.29) is 16.8 Å². The van der Waals surface area contributed by atoms with Gasteiger partial charge >= 0.3 is 0 Å². The summed E-state index contributed by atoms with van der Waals surface area (Å²) in [6.45, 7) is 6.85. The fourth-order valence-electron chi connectivity index (χ4n) is 6.62. The lowest BCUT2D eigenvalue weighted by Gasteiger charge is -2.41. The number of carbonyl (C=O) groups excluding carboxylic acids is 1. The quantitative estimate of drug-likeness (QED) is 0.217. The van der Waals surface area contributed by atoms with Crippen LogP contribution in [-0.4, -0.2) is 62.9 Å². The topological polar surface area (TPSA) is 96.2 Å². The number of anilines is 1. The lowest BCUT2D eigenvalue weighted by atomic mass is 9.97. The molecule has 2 fully saturated rings. The molecule has 10 heteroatoms. The normalized spacial score (nSPS) is 17.5. The van der Waals surface area contributed by atoms with Crippen molar-refractivity contribution in [3.63, 3.8) is 0 Å². The second kappa shape index (κ2) is 14.6. The number of likely N-dealkylation sites (tertiary alicyclic amines) is 1. The van der Waals surface area contributed by atoms with Crippen LogP contribution in [0.15, 0.2) is 100 Å². The van der Waals surface area contributed by atoms with Gasteiger partial charge in [-0.15, -0.1) is 0 Å². The standard InChI is InChI=1S/C37H41BrN4O4S/c1-27-30(10-7-11-33(27)29-8-3-2-4-9-29)26-46-36-18-13-28(24-34(36)38)25-42-19-6-5-12-35(42)37(43)41-22-20-40(21-23-41)31-14-16-32(17-15-31)47(39,44)45/h2-4,7-11,13-18,24,35H,5-6,12,19-23,25-26H2,1H3,(H2,39,44,45). The summed E-state index contributed by atoms with van der Waals surface area (Å²) in [5.74, 6) is 0.989. The third kappa shape index (κ3) is 7.89. The van der Waals surface area contributed by atoms with Crippen LogP contribution in [-0.2, 0) is 28.0 Å². The Morgan fingerprint density at radius 3 is 2.34 bits per heavy atom. The smallest absolute Gasteiger partial charge is 0.240 e. The van der Waals surface area contributed by atoms with Gasteiger partial charge in [0.25, 0.3) is 0 Å². The van der Waals surface area contributed by atoms with Crippen molar-refractivity contribution in [1.29, 1.82) is 0 Å². The Bertz CT molecular complexity index is 1810. The first-order valence-corrected chi connectivity index (χ1v) is 18.5. The first-order chi connectivity index (χ1) is 22.7. The molecule has 4 aromatic carbocycles. The van der Waals surface area contributed by atoms with E-state index in [1.54, 1.807) is 12.1 Å². The largest absolute Gasteiger partial charge is 0.488 e. The minimum absolute atomic E-state index is 0.0987. The van der Waals surface area contributed by atoms with Gasteiger partial charge in [0.1, 0.15) is 12.4 Å². The van der Waals surface area contributed by atoms with Gasteiger partial charge in [0.05, 0.1) is 15.4 Å². The Balaban J connectivity index is 1.05. The van der Waals surface area contributed by atoms with E-state index in [4.69, 9.17) is 9.88 Å². The zero-order chi connectivity index (χ0) is 33.0. The van der Waals surface area contributed by atoms with Crippen LogP contribution in [0.4, 0.5) is 5.69 Å². The molecule has 246 valence electrons. The first-order valence-electron chi connectivity index (χ1n) is 16.1. The van der Waals surface area contributed by atoms with Gasteiger partial charge in [0.15, 0.2) is 0 Å². The van der Waals surface area contributed by atoms with E-state index in [1.165, 1.54) is 28.8 Å². The molecule has 1 atom stereocenters. The van der Waals surface area contributed by atoms with Crippen molar-refractivity contribution in [3.8, 4) is 16.9 Å². The van der Waals surface area contributed by atoms with Crippen molar-refractivity contribution in [3.05, 3.63) is 112 Å². The number of primary sulfonamides is 1. The van der Waals surface area contributed by atoms with Gasteiger partial charge in [0, 0.05) is 38.4 Å². The highest BCUT2D eigenvalue weighted by Crippen LogP contribution is 2.31. The molecule has 4 aromatic rings. The van der Waals surface area contributed by atoms with Gasteiger partial charge in [-0.25, -0.2) is 13.6 Å². The highest BCUT2D eigenvalue weighted by atomic mass is 79.9. The maximum Gasteiger partial charge on any atom is 0.240 e. The monoisotopic (exact) mass is 716 g/mol. The molecule has 2 aliphatic rings. The predicted molar refractivity (Wildman–Crippen MR) is 190 cm³/mol. The summed E-state index contributed by atoms with van der Waals surface area (Å²) in [6, 6.07) is 29.5. The van der Waals surface area contributed by atoms with Crippen molar-refractivity contribution < 1.29 is 17.9 Å². The van der Waals surface area contributed by atoms with Gasteiger partial charge in [0.2, 0.25) is 15.9 Å². The number of halogens is 1. The van der Waals surface area contributed by atoms with E-state index in [0.717, 1.165) is 52.8 Å². The fourth-order valence-corrected chi connectivity index (χ4v) is 7.68. The second-order valence-corrected chi connectivity index (χ2v) is 14.8. The summed E-state index contributed by atoms with van der Waals surface area (Å²) in [6.07, 6.45) is 2.98. The Hall–Kier alpha value is -3.70. The molecule has 47 heavy (non-hydrogen) atoms. The zero-order valence-electron chi connectivity index (χ0n) is 26.6. The average Bonchev–Trinajstić information content (AvgIpc) is 3.08. The third-order valence-corrected chi connectivity index (χ3v) is 10.9. The van der Waals surface area contributed by atoms with Gasteiger partial charge in [-0.05, 0) is 106 Å². The Kier molecular flexibility index (Phi) is 10.3. The minimum Gasteiger partial charge on any atom is -0.488 e. The number of sulfonamides is 1. The number of piperidine rings is 1. The molecule has 2 aliphatic heterocycles. The molecule has 0 bridgehead atoms.